The average molecular weight is 316 g/mol. The topological polar surface area (TPSA) is 20.2 Å². The molecule has 2 heteroatoms. The first kappa shape index (κ1) is 21.3. The van der Waals surface area contributed by atoms with Gasteiger partial charge in [-0.25, -0.2) is 0 Å². The molecule has 0 rings (SSSR count). The third kappa shape index (κ3) is 16.5. The zero-order valence-electron chi connectivity index (χ0n) is 14.6. The Kier molecular flexibility index (Phi) is 16.9. The minimum absolute atomic E-state index is 0.402. The maximum Gasteiger partial charge on any atom is 0.0631 e. The number of hydrogen-bond donors (Lipinski definition) is 1. The van der Waals surface area contributed by atoms with Crippen LogP contribution in [0.1, 0.15) is 97.3 Å². The molecule has 0 fully saturated rings. The number of aliphatic hydroxyl groups is 1. The van der Waals surface area contributed by atoms with E-state index in [9.17, 15) is 5.11 Å². The van der Waals surface area contributed by atoms with Crippen LogP contribution in [0.3, 0.4) is 0 Å². The van der Waals surface area contributed by atoms with Crippen LogP contribution in [0.4, 0.5) is 0 Å². The Morgan fingerprint density at radius 2 is 1.29 bits per heavy atom. The van der Waals surface area contributed by atoms with Gasteiger partial charge in [0.15, 0.2) is 0 Å². The van der Waals surface area contributed by atoms with E-state index in [0.717, 1.165) is 11.0 Å². The Morgan fingerprint density at radius 3 is 1.71 bits per heavy atom. The molecule has 0 aliphatic carbocycles. The molecule has 0 heterocycles. The number of rotatable bonds is 16. The van der Waals surface area contributed by atoms with Gasteiger partial charge in [0.2, 0.25) is 0 Å². The molecule has 127 valence electrons. The molecule has 0 saturated carbocycles. The molecule has 1 N–H and O–H groups in total. The van der Waals surface area contributed by atoms with Crippen molar-refractivity contribution in [1.82, 2.24) is 0 Å². The molecule has 0 saturated heterocycles. The molecule has 21 heavy (non-hydrogen) atoms. The fraction of sp³-hybridized carbons (Fsp3) is 0.947. The summed E-state index contributed by atoms with van der Waals surface area (Å²) in [5.41, 5.74) is 0. The molecule has 0 aliphatic heterocycles. The largest absolute Gasteiger partial charge is 0.392 e. The third-order valence-electron chi connectivity index (χ3n) is 4.11. The van der Waals surface area contributed by atoms with Crippen LogP contribution < -0.4 is 0 Å². The summed E-state index contributed by atoms with van der Waals surface area (Å²) >= 11 is 1.90. The first-order valence-electron chi connectivity index (χ1n) is 9.33. The molecule has 1 radical (unpaired) electrons. The van der Waals surface area contributed by atoms with Gasteiger partial charge in [-0.2, -0.15) is 11.8 Å². The number of thioether (sulfide) groups is 1. The first-order valence-corrected chi connectivity index (χ1v) is 10.4. The highest BCUT2D eigenvalue weighted by Gasteiger charge is 2.08. The maximum atomic E-state index is 9.22. The van der Waals surface area contributed by atoms with Gasteiger partial charge in [-0.05, 0) is 19.8 Å². The molecular formula is C19H39OS. The quantitative estimate of drug-likeness (QED) is 0.333. The summed E-state index contributed by atoms with van der Waals surface area (Å²) in [6, 6.07) is 0. The molecule has 0 bridgehead atoms. The SMILES string of the molecule is [CH2]C(O)CSC(CC)CCCCCCCCCCCCC. The minimum atomic E-state index is -0.402. The van der Waals surface area contributed by atoms with E-state index >= 15 is 0 Å². The molecule has 1 nitrogen and oxygen atoms in total. The monoisotopic (exact) mass is 315 g/mol. The molecule has 0 amide bonds. The highest BCUT2D eigenvalue weighted by molar-refractivity contribution is 7.99. The summed E-state index contributed by atoms with van der Waals surface area (Å²) in [6.07, 6.45) is 17.7. The summed E-state index contributed by atoms with van der Waals surface area (Å²) < 4.78 is 0. The smallest absolute Gasteiger partial charge is 0.0631 e. The number of unbranched alkanes of at least 4 members (excludes halogenated alkanes) is 10. The van der Waals surface area contributed by atoms with Gasteiger partial charge in [0, 0.05) is 11.0 Å². The van der Waals surface area contributed by atoms with Crippen molar-refractivity contribution in [1.29, 1.82) is 0 Å². The van der Waals surface area contributed by atoms with E-state index in [1.807, 2.05) is 11.8 Å². The van der Waals surface area contributed by atoms with Gasteiger partial charge in [0.1, 0.15) is 0 Å². The van der Waals surface area contributed by atoms with Crippen LogP contribution in [-0.4, -0.2) is 22.2 Å². The molecule has 0 spiro atoms. The van der Waals surface area contributed by atoms with Crippen molar-refractivity contribution in [2.24, 2.45) is 0 Å². The van der Waals surface area contributed by atoms with Crippen LogP contribution in [0, 0.1) is 6.92 Å². The van der Waals surface area contributed by atoms with Crippen LogP contribution in [-0.2, 0) is 0 Å². The normalized spacial score (nSPS) is 14.3. The van der Waals surface area contributed by atoms with Crippen LogP contribution in [0.15, 0.2) is 0 Å². The second kappa shape index (κ2) is 16.7. The van der Waals surface area contributed by atoms with Gasteiger partial charge in [0.05, 0.1) is 6.10 Å². The Bertz CT molecular complexity index is 194. The molecular weight excluding hydrogens is 276 g/mol. The molecule has 0 aromatic carbocycles. The average Bonchev–Trinajstić information content (AvgIpc) is 2.47. The lowest BCUT2D eigenvalue weighted by Crippen LogP contribution is -2.09. The molecule has 2 unspecified atom stereocenters. The van der Waals surface area contributed by atoms with Crippen molar-refractivity contribution < 1.29 is 5.11 Å². The lowest BCUT2D eigenvalue weighted by atomic mass is 10.0. The summed E-state index contributed by atoms with van der Waals surface area (Å²) in [7, 11) is 0. The van der Waals surface area contributed by atoms with Gasteiger partial charge in [-0.15, -0.1) is 0 Å². The van der Waals surface area contributed by atoms with E-state index in [2.05, 4.69) is 20.8 Å². The Hall–Kier alpha value is 0.310. The molecule has 0 aliphatic rings. The van der Waals surface area contributed by atoms with E-state index in [-0.39, 0.29) is 0 Å². The zero-order valence-corrected chi connectivity index (χ0v) is 15.4. The predicted molar refractivity (Wildman–Crippen MR) is 99.0 cm³/mol. The van der Waals surface area contributed by atoms with Gasteiger partial charge in [-0.3, -0.25) is 0 Å². The Balaban J connectivity index is 3.23. The standard InChI is InChI=1S/C19H39OS/c1-4-6-7-8-9-10-11-12-13-14-15-16-19(5-2)21-17-18(3)20/h18-20H,3-17H2,1-2H3. The van der Waals surface area contributed by atoms with E-state index in [0.29, 0.717) is 0 Å². The van der Waals surface area contributed by atoms with Gasteiger partial charge >= 0.3 is 0 Å². The molecule has 0 aromatic rings. The molecule has 0 aromatic heterocycles. The van der Waals surface area contributed by atoms with E-state index in [4.69, 9.17) is 0 Å². The second-order valence-electron chi connectivity index (χ2n) is 6.34. The zero-order chi connectivity index (χ0) is 15.8. The summed E-state index contributed by atoms with van der Waals surface area (Å²) in [4.78, 5) is 0. The van der Waals surface area contributed by atoms with E-state index < -0.39 is 6.10 Å². The van der Waals surface area contributed by atoms with Crippen LogP contribution >= 0.6 is 11.8 Å². The fourth-order valence-electron chi connectivity index (χ4n) is 2.69. The van der Waals surface area contributed by atoms with Crippen molar-refractivity contribution >= 4 is 11.8 Å². The second-order valence-corrected chi connectivity index (χ2v) is 7.67. The van der Waals surface area contributed by atoms with Crippen LogP contribution in [0.2, 0.25) is 0 Å². The first-order chi connectivity index (χ1) is 10.2. The highest BCUT2D eigenvalue weighted by Crippen LogP contribution is 2.22. The Labute approximate surface area is 138 Å². The number of aliphatic hydroxyl groups excluding tert-OH is 1. The van der Waals surface area contributed by atoms with Gasteiger partial charge < -0.3 is 5.11 Å². The summed E-state index contributed by atoms with van der Waals surface area (Å²) in [6.45, 7) is 8.18. The van der Waals surface area contributed by atoms with Crippen molar-refractivity contribution in [2.75, 3.05) is 5.75 Å². The predicted octanol–water partition coefficient (Wildman–Crippen LogP) is 6.39. The summed E-state index contributed by atoms with van der Waals surface area (Å²) in [5, 5.41) is 9.95. The fourth-order valence-corrected chi connectivity index (χ4v) is 3.75. The van der Waals surface area contributed by atoms with E-state index in [1.165, 1.54) is 83.5 Å². The lowest BCUT2D eigenvalue weighted by Gasteiger charge is -2.15. The van der Waals surface area contributed by atoms with Crippen molar-refractivity contribution in [3.05, 3.63) is 6.92 Å². The van der Waals surface area contributed by atoms with E-state index in [1.54, 1.807) is 0 Å². The van der Waals surface area contributed by atoms with Crippen molar-refractivity contribution in [2.45, 2.75) is 109 Å². The Morgan fingerprint density at radius 1 is 0.810 bits per heavy atom. The summed E-state index contributed by atoms with van der Waals surface area (Å²) in [5.74, 6) is 0.788. The van der Waals surface area contributed by atoms with Crippen LogP contribution in [0.5, 0.6) is 0 Å². The highest BCUT2D eigenvalue weighted by atomic mass is 32.2. The minimum Gasteiger partial charge on any atom is -0.392 e. The van der Waals surface area contributed by atoms with Crippen molar-refractivity contribution in [3.63, 3.8) is 0 Å². The van der Waals surface area contributed by atoms with Gasteiger partial charge in [0.25, 0.3) is 0 Å². The van der Waals surface area contributed by atoms with Crippen LogP contribution in [0.25, 0.3) is 0 Å². The van der Waals surface area contributed by atoms with Gasteiger partial charge in [-0.1, -0.05) is 84.5 Å². The number of hydrogen-bond acceptors (Lipinski definition) is 2. The third-order valence-corrected chi connectivity index (χ3v) is 5.73. The van der Waals surface area contributed by atoms with Crippen molar-refractivity contribution in [3.8, 4) is 0 Å². The molecule has 2 atom stereocenters. The maximum absolute atomic E-state index is 9.22. The lowest BCUT2D eigenvalue weighted by molar-refractivity contribution is 0.246.